The summed E-state index contributed by atoms with van der Waals surface area (Å²) in [6.45, 7) is 1.18. The molecule has 1 fully saturated rings. The van der Waals surface area contributed by atoms with Gasteiger partial charge in [0.25, 0.3) is 0 Å². The molecule has 260 valence electrons. The van der Waals surface area contributed by atoms with Gasteiger partial charge in [-0.05, 0) is 80.0 Å². The molecule has 0 atom stereocenters. The summed E-state index contributed by atoms with van der Waals surface area (Å²) in [5, 5.41) is 4.27. The van der Waals surface area contributed by atoms with Gasteiger partial charge in [0.2, 0.25) is 16.0 Å². The number of likely N-dealkylation sites (N-methyl/N-ethyl adjacent to an activating group) is 1. The molecule has 1 aliphatic rings. The Hall–Kier alpha value is -3.98. The van der Waals surface area contributed by atoms with Gasteiger partial charge in [-0.25, -0.2) is 18.1 Å². The van der Waals surface area contributed by atoms with Crippen LogP contribution in [0.5, 0.6) is 0 Å². The molecule has 0 aliphatic heterocycles. The van der Waals surface area contributed by atoms with E-state index in [0.29, 0.717) is 31.9 Å². The van der Waals surface area contributed by atoms with E-state index in [0.717, 1.165) is 41.7 Å². The molecule has 0 unspecified atom stereocenters. The molecule has 5 rings (SSSR count). The molecule has 2 aromatic carbocycles. The van der Waals surface area contributed by atoms with Crippen LogP contribution in [0.4, 0.5) is 38.1 Å². The van der Waals surface area contributed by atoms with Crippen molar-refractivity contribution in [3.05, 3.63) is 83.7 Å². The van der Waals surface area contributed by atoms with Crippen molar-refractivity contribution in [3.63, 3.8) is 0 Å². The van der Waals surface area contributed by atoms with Gasteiger partial charge < -0.3 is 10.2 Å². The highest BCUT2D eigenvalue weighted by Crippen LogP contribution is 2.37. The Morgan fingerprint density at radius 3 is 2.04 bits per heavy atom. The van der Waals surface area contributed by atoms with Crippen LogP contribution in [0, 0.1) is 11.8 Å². The molecule has 1 saturated carbocycles. The average Bonchev–Trinajstić information content (AvgIpc) is 3.05. The van der Waals surface area contributed by atoms with Gasteiger partial charge in [-0.1, -0.05) is 25.6 Å². The monoisotopic (exact) mass is 696 g/mol. The Labute approximate surface area is 276 Å². The van der Waals surface area contributed by atoms with Crippen molar-refractivity contribution in [2.75, 3.05) is 36.9 Å². The summed E-state index contributed by atoms with van der Waals surface area (Å²) in [5.41, 5.74) is -1.59. The number of halogens is 6. The van der Waals surface area contributed by atoms with Crippen LogP contribution >= 0.6 is 0 Å². The van der Waals surface area contributed by atoms with E-state index in [2.05, 4.69) is 24.9 Å². The molecule has 0 radical (unpaired) electrons. The molecule has 0 bridgehead atoms. The lowest BCUT2D eigenvalue weighted by molar-refractivity contribution is -0.143. The molecule has 0 amide bonds. The number of anilines is 2. The van der Waals surface area contributed by atoms with E-state index in [4.69, 9.17) is 4.98 Å². The number of para-hydroxylation sites is 1. The first-order valence-corrected chi connectivity index (χ1v) is 16.6. The van der Waals surface area contributed by atoms with E-state index in [-0.39, 0.29) is 44.0 Å². The van der Waals surface area contributed by atoms with Crippen LogP contribution in [0.2, 0.25) is 0 Å². The molecule has 2 N–H and O–H groups in total. The lowest BCUT2D eigenvalue weighted by atomic mass is 9.82. The Bertz CT molecular complexity index is 1750. The van der Waals surface area contributed by atoms with Crippen LogP contribution in [0.15, 0.2) is 71.8 Å². The number of rotatable bonds is 11. The van der Waals surface area contributed by atoms with E-state index in [9.17, 15) is 34.8 Å². The average molecular weight is 697 g/mol. The molecule has 48 heavy (non-hydrogen) atoms. The second-order valence-corrected chi connectivity index (χ2v) is 13.5. The molecular weight excluding hydrogens is 658 g/mol. The summed E-state index contributed by atoms with van der Waals surface area (Å²) in [5.74, 6) is 1.39. The molecule has 4 aromatic rings. The second kappa shape index (κ2) is 15.1. The molecule has 8 nitrogen and oxygen atoms in total. The minimum absolute atomic E-state index is 0. The van der Waals surface area contributed by atoms with Gasteiger partial charge in [-0.2, -0.15) is 31.3 Å². The highest BCUT2D eigenvalue weighted by atomic mass is 32.2. The summed E-state index contributed by atoms with van der Waals surface area (Å²) in [7, 11) is -2.65. The van der Waals surface area contributed by atoms with Crippen molar-refractivity contribution in [3.8, 4) is 0 Å². The van der Waals surface area contributed by atoms with Crippen molar-refractivity contribution in [1.29, 1.82) is 0 Å². The Balaban J connectivity index is 0.00000520. The maximum Gasteiger partial charge on any atom is 0.416 e. The van der Waals surface area contributed by atoms with Crippen LogP contribution in [0.25, 0.3) is 10.9 Å². The lowest BCUT2D eigenvalue weighted by Crippen LogP contribution is -2.32. The SMILES string of the molecule is C.CN(CCc1ccccn1)c1nc(NCC2CCC(CNS(=O)(=O)c3cc(C(F)(F)F)cc(C(F)(F)F)c3)CC2)nc2ccccc12. The third-order valence-electron chi connectivity index (χ3n) is 8.32. The molecule has 1 aliphatic carbocycles. The minimum Gasteiger partial charge on any atom is -0.359 e. The maximum atomic E-state index is 13.2. The van der Waals surface area contributed by atoms with Crippen molar-refractivity contribution in [2.24, 2.45) is 11.8 Å². The van der Waals surface area contributed by atoms with Crippen molar-refractivity contribution >= 4 is 32.7 Å². The van der Waals surface area contributed by atoms with E-state index in [1.54, 1.807) is 6.20 Å². The van der Waals surface area contributed by atoms with Gasteiger partial charge >= 0.3 is 12.4 Å². The standard InChI is InChI=1S/C32H34F6N6O2S.CH4/c1-44(15-13-25-6-4-5-14-39-25)29-27-7-2-3-8-28(27)42-30(43-29)40-19-21-9-11-22(12-10-21)20-41-47(45,46)26-17-23(31(33,34)35)16-24(18-26)32(36,37)38;/h2-8,14,16-18,21-22,41H,9-13,15,19-20H2,1H3,(H,40,42,43);1H4. The van der Waals surface area contributed by atoms with Gasteiger partial charge in [0.1, 0.15) is 5.82 Å². The third-order valence-corrected chi connectivity index (χ3v) is 9.73. The number of nitrogens with zero attached hydrogens (tertiary/aromatic N) is 4. The molecule has 2 aromatic heterocycles. The van der Waals surface area contributed by atoms with Gasteiger partial charge in [0.15, 0.2) is 0 Å². The lowest BCUT2D eigenvalue weighted by Gasteiger charge is -2.29. The van der Waals surface area contributed by atoms with E-state index in [1.165, 1.54) is 0 Å². The topological polar surface area (TPSA) is 100 Å². The molecule has 2 heterocycles. The van der Waals surface area contributed by atoms with Gasteiger partial charge in [0, 0.05) is 50.4 Å². The second-order valence-electron chi connectivity index (χ2n) is 11.7. The van der Waals surface area contributed by atoms with Crippen LogP contribution in [-0.4, -0.2) is 50.1 Å². The number of sulfonamides is 1. The number of fused-ring (bicyclic) bond motifs is 1. The zero-order chi connectivity index (χ0) is 33.8. The van der Waals surface area contributed by atoms with E-state index >= 15 is 0 Å². The number of benzene rings is 2. The van der Waals surface area contributed by atoms with Crippen LogP contribution in [0.1, 0.15) is 49.9 Å². The number of hydrogen-bond acceptors (Lipinski definition) is 7. The molecule has 15 heteroatoms. The first-order valence-electron chi connectivity index (χ1n) is 15.1. The number of hydrogen-bond donors (Lipinski definition) is 2. The fraction of sp³-hybridized carbons (Fsp3) is 0.424. The normalized spacial score (nSPS) is 17.1. The Morgan fingerprint density at radius 1 is 0.833 bits per heavy atom. The summed E-state index contributed by atoms with van der Waals surface area (Å²) in [6.07, 6.45) is -5.04. The van der Waals surface area contributed by atoms with E-state index in [1.807, 2.05) is 49.5 Å². The predicted molar refractivity (Wildman–Crippen MR) is 173 cm³/mol. The molecule has 0 saturated heterocycles. The highest BCUT2D eigenvalue weighted by Gasteiger charge is 2.38. The summed E-state index contributed by atoms with van der Waals surface area (Å²) >= 11 is 0. The van der Waals surface area contributed by atoms with Crippen LogP contribution < -0.4 is 14.9 Å². The van der Waals surface area contributed by atoms with Gasteiger partial charge in [-0.3, -0.25) is 4.98 Å². The Morgan fingerprint density at radius 2 is 1.44 bits per heavy atom. The van der Waals surface area contributed by atoms with Crippen LogP contribution in [0.3, 0.4) is 0 Å². The molecular formula is C33H38F6N6O2S. The smallest absolute Gasteiger partial charge is 0.359 e. The summed E-state index contributed by atoms with van der Waals surface area (Å²) in [4.78, 5) is 14.9. The highest BCUT2D eigenvalue weighted by molar-refractivity contribution is 7.89. The maximum absolute atomic E-state index is 13.2. The number of aromatic nitrogens is 3. The summed E-state index contributed by atoms with van der Waals surface area (Å²) in [6, 6.07) is 13.9. The predicted octanol–water partition coefficient (Wildman–Crippen LogP) is 7.57. The minimum atomic E-state index is -5.15. The zero-order valence-corrected chi connectivity index (χ0v) is 26.3. The first-order chi connectivity index (χ1) is 22.2. The Kier molecular flexibility index (Phi) is 11.6. The van der Waals surface area contributed by atoms with Crippen molar-refractivity contribution in [1.82, 2.24) is 19.7 Å². The zero-order valence-electron chi connectivity index (χ0n) is 25.4. The third kappa shape index (κ3) is 9.34. The fourth-order valence-electron chi connectivity index (χ4n) is 5.63. The van der Waals surface area contributed by atoms with Gasteiger partial charge in [-0.15, -0.1) is 0 Å². The van der Waals surface area contributed by atoms with Crippen molar-refractivity contribution in [2.45, 2.75) is 56.8 Å². The van der Waals surface area contributed by atoms with Crippen molar-refractivity contribution < 1.29 is 34.8 Å². The number of alkyl halides is 6. The van der Waals surface area contributed by atoms with E-state index < -0.39 is 38.4 Å². The number of pyridine rings is 1. The quantitative estimate of drug-likeness (QED) is 0.156. The fourth-order valence-corrected chi connectivity index (χ4v) is 6.82. The van der Waals surface area contributed by atoms with Crippen LogP contribution in [-0.2, 0) is 28.8 Å². The summed E-state index contributed by atoms with van der Waals surface area (Å²) < 4.78 is 107. The first kappa shape index (κ1) is 36.8. The number of nitrogens with one attached hydrogen (secondary N) is 2. The largest absolute Gasteiger partial charge is 0.416 e. The molecule has 0 spiro atoms. The van der Waals surface area contributed by atoms with Gasteiger partial charge in [0.05, 0.1) is 21.5 Å².